The standard InChI is InChI=1S/C18H31NO3/c1-22-18(21)13-14-19(16-9-5-6-10-16)17(20)12-11-15-7-3-2-4-8-15/h15-16H,2-14H2,1H3. The fourth-order valence-corrected chi connectivity index (χ4v) is 3.99. The first-order valence-corrected chi connectivity index (χ1v) is 9.07. The molecule has 0 N–H and O–H groups in total. The SMILES string of the molecule is COC(=O)CCN(C(=O)CCC1CCCCC1)C1CCCC1. The van der Waals surface area contributed by atoms with Gasteiger partial charge in [0.2, 0.25) is 5.91 Å². The highest BCUT2D eigenvalue weighted by atomic mass is 16.5. The molecule has 2 fully saturated rings. The van der Waals surface area contributed by atoms with Gasteiger partial charge in [-0.25, -0.2) is 0 Å². The van der Waals surface area contributed by atoms with E-state index in [-0.39, 0.29) is 11.9 Å². The van der Waals surface area contributed by atoms with Crippen LogP contribution in [0.1, 0.15) is 77.0 Å². The highest BCUT2D eigenvalue weighted by molar-refractivity contribution is 5.77. The summed E-state index contributed by atoms with van der Waals surface area (Å²) in [6, 6.07) is 0.350. The Hall–Kier alpha value is -1.06. The molecular weight excluding hydrogens is 278 g/mol. The number of carbonyl (C=O) groups is 2. The molecule has 126 valence electrons. The molecule has 0 bridgehead atoms. The fraction of sp³-hybridized carbons (Fsp3) is 0.889. The Bertz CT molecular complexity index is 357. The van der Waals surface area contributed by atoms with Crippen molar-refractivity contribution in [3.63, 3.8) is 0 Å². The largest absolute Gasteiger partial charge is 0.469 e. The minimum atomic E-state index is -0.219. The fourth-order valence-electron chi connectivity index (χ4n) is 3.99. The van der Waals surface area contributed by atoms with Crippen molar-refractivity contribution in [2.24, 2.45) is 5.92 Å². The van der Waals surface area contributed by atoms with E-state index in [1.165, 1.54) is 52.1 Å². The highest BCUT2D eigenvalue weighted by Gasteiger charge is 2.27. The number of esters is 1. The Balaban J connectivity index is 1.82. The van der Waals surface area contributed by atoms with E-state index in [9.17, 15) is 9.59 Å². The molecule has 0 spiro atoms. The molecule has 22 heavy (non-hydrogen) atoms. The van der Waals surface area contributed by atoms with Gasteiger partial charge in [0.05, 0.1) is 13.5 Å². The summed E-state index contributed by atoms with van der Waals surface area (Å²) in [5.74, 6) is 0.771. The molecule has 0 aromatic heterocycles. The Morgan fingerprint density at radius 2 is 1.59 bits per heavy atom. The van der Waals surface area contributed by atoms with E-state index in [0.717, 1.165) is 25.2 Å². The lowest BCUT2D eigenvalue weighted by Gasteiger charge is -2.30. The number of hydrogen-bond donors (Lipinski definition) is 0. The van der Waals surface area contributed by atoms with Gasteiger partial charge in [-0.2, -0.15) is 0 Å². The Kier molecular flexibility index (Phi) is 7.20. The summed E-state index contributed by atoms with van der Waals surface area (Å²) in [6.07, 6.45) is 13.2. The maximum absolute atomic E-state index is 12.6. The molecule has 2 aliphatic carbocycles. The van der Waals surface area contributed by atoms with Crippen LogP contribution in [0.25, 0.3) is 0 Å². The van der Waals surface area contributed by atoms with Gasteiger partial charge in [0.15, 0.2) is 0 Å². The van der Waals surface area contributed by atoms with Crippen LogP contribution in [0.4, 0.5) is 0 Å². The van der Waals surface area contributed by atoms with E-state index in [1.807, 2.05) is 4.90 Å². The van der Waals surface area contributed by atoms with Gasteiger partial charge in [-0.1, -0.05) is 44.9 Å². The van der Waals surface area contributed by atoms with Gasteiger partial charge in [-0.15, -0.1) is 0 Å². The minimum Gasteiger partial charge on any atom is -0.469 e. The third kappa shape index (κ3) is 5.29. The zero-order valence-corrected chi connectivity index (χ0v) is 14.0. The van der Waals surface area contributed by atoms with Crippen molar-refractivity contribution < 1.29 is 14.3 Å². The van der Waals surface area contributed by atoms with Gasteiger partial charge in [-0.3, -0.25) is 9.59 Å². The molecule has 0 aromatic carbocycles. The molecule has 4 heteroatoms. The van der Waals surface area contributed by atoms with E-state index >= 15 is 0 Å². The number of ether oxygens (including phenoxy) is 1. The van der Waals surface area contributed by atoms with Crippen LogP contribution in [0.2, 0.25) is 0 Å². The van der Waals surface area contributed by atoms with Crippen molar-refractivity contribution in [1.29, 1.82) is 0 Å². The van der Waals surface area contributed by atoms with Gasteiger partial charge < -0.3 is 9.64 Å². The first-order valence-electron chi connectivity index (χ1n) is 9.07. The molecule has 0 radical (unpaired) electrons. The van der Waals surface area contributed by atoms with Crippen LogP contribution < -0.4 is 0 Å². The van der Waals surface area contributed by atoms with Gasteiger partial charge in [0, 0.05) is 19.0 Å². The van der Waals surface area contributed by atoms with Crippen LogP contribution in [-0.4, -0.2) is 36.5 Å². The summed E-state index contributed by atoms with van der Waals surface area (Å²) in [5, 5.41) is 0. The number of methoxy groups -OCH3 is 1. The topological polar surface area (TPSA) is 46.6 Å². The number of hydrogen-bond acceptors (Lipinski definition) is 3. The third-order valence-electron chi connectivity index (χ3n) is 5.36. The second kappa shape index (κ2) is 9.16. The van der Waals surface area contributed by atoms with Crippen molar-refractivity contribution in [1.82, 2.24) is 4.90 Å². The molecule has 4 nitrogen and oxygen atoms in total. The average molecular weight is 309 g/mol. The Morgan fingerprint density at radius 3 is 2.23 bits per heavy atom. The van der Waals surface area contributed by atoms with Crippen molar-refractivity contribution in [3.8, 4) is 0 Å². The monoisotopic (exact) mass is 309 g/mol. The average Bonchev–Trinajstić information content (AvgIpc) is 3.08. The summed E-state index contributed by atoms with van der Waals surface area (Å²) in [4.78, 5) is 26.0. The van der Waals surface area contributed by atoms with E-state index in [0.29, 0.717) is 25.4 Å². The van der Waals surface area contributed by atoms with Crippen LogP contribution in [0.3, 0.4) is 0 Å². The molecule has 0 aromatic rings. The zero-order valence-electron chi connectivity index (χ0n) is 14.0. The molecule has 0 unspecified atom stereocenters. The van der Waals surface area contributed by atoms with Gasteiger partial charge >= 0.3 is 5.97 Å². The number of nitrogens with zero attached hydrogens (tertiary/aromatic N) is 1. The Morgan fingerprint density at radius 1 is 0.955 bits per heavy atom. The molecule has 2 saturated carbocycles. The zero-order chi connectivity index (χ0) is 15.8. The lowest BCUT2D eigenvalue weighted by Crippen LogP contribution is -2.40. The lowest BCUT2D eigenvalue weighted by molar-refractivity contribution is -0.142. The first-order chi connectivity index (χ1) is 10.7. The highest BCUT2D eigenvalue weighted by Crippen LogP contribution is 2.29. The second-order valence-electron chi connectivity index (χ2n) is 6.89. The first kappa shape index (κ1) is 17.3. The number of amides is 1. The molecule has 2 rings (SSSR count). The van der Waals surface area contributed by atoms with Gasteiger partial charge in [0.25, 0.3) is 0 Å². The summed E-state index contributed by atoms with van der Waals surface area (Å²) < 4.78 is 4.72. The van der Waals surface area contributed by atoms with Crippen molar-refractivity contribution >= 4 is 11.9 Å². The van der Waals surface area contributed by atoms with Crippen molar-refractivity contribution in [2.75, 3.05) is 13.7 Å². The van der Waals surface area contributed by atoms with Crippen molar-refractivity contribution in [3.05, 3.63) is 0 Å². The van der Waals surface area contributed by atoms with E-state index in [2.05, 4.69) is 0 Å². The lowest BCUT2D eigenvalue weighted by atomic mass is 9.86. The molecular formula is C18H31NO3. The van der Waals surface area contributed by atoms with Crippen LogP contribution in [-0.2, 0) is 14.3 Å². The Labute approximate surface area is 134 Å². The maximum Gasteiger partial charge on any atom is 0.307 e. The molecule has 0 heterocycles. The van der Waals surface area contributed by atoms with Crippen LogP contribution in [0, 0.1) is 5.92 Å². The summed E-state index contributed by atoms with van der Waals surface area (Å²) in [6.45, 7) is 0.529. The van der Waals surface area contributed by atoms with Gasteiger partial charge in [-0.05, 0) is 25.2 Å². The van der Waals surface area contributed by atoms with E-state index in [1.54, 1.807) is 0 Å². The quantitative estimate of drug-likeness (QED) is 0.674. The van der Waals surface area contributed by atoms with Crippen molar-refractivity contribution in [2.45, 2.75) is 83.1 Å². The minimum absolute atomic E-state index is 0.219. The van der Waals surface area contributed by atoms with Crippen LogP contribution in [0.5, 0.6) is 0 Å². The normalized spacial score (nSPS) is 20.0. The molecule has 0 atom stereocenters. The molecule has 0 saturated heterocycles. The third-order valence-corrected chi connectivity index (χ3v) is 5.36. The molecule has 1 amide bonds. The van der Waals surface area contributed by atoms with E-state index < -0.39 is 0 Å². The predicted octanol–water partition coefficient (Wildman–Crippen LogP) is 3.68. The smallest absolute Gasteiger partial charge is 0.307 e. The summed E-state index contributed by atoms with van der Waals surface area (Å²) in [7, 11) is 1.41. The number of carbonyl (C=O) groups excluding carboxylic acids is 2. The molecule has 2 aliphatic rings. The second-order valence-corrected chi connectivity index (χ2v) is 6.89. The predicted molar refractivity (Wildman–Crippen MR) is 86.4 cm³/mol. The van der Waals surface area contributed by atoms with Crippen LogP contribution >= 0.6 is 0 Å². The van der Waals surface area contributed by atoms with E-state index in [4.69, 9.17) is 4.74 Å². The number of rotatable bonds is 7. The maximum atomic E-state index is 12.6. The molecule has 0 aliphatic heterocycles. The van der Waals surface area contributed by atoms with Crippen LogP contribution in [0.15, 0.2) is 0 Å². The van der Waals surface area contributed by atoms with Gasteiger partial charge in [0.1, 0.15) is 0 Å². The summed E-state index contributed by atoms with van der Waals surface area (Å²) in [5.41, 5.74) is 0. The summed E-state index contributed by atoms with van der Waals surface area (Å²) >= 11 is 0.